The van der Waals surface area contributed by atoms with Gasteiger partial charge >= 0.3 is 0 Å². The Labute approximate surface area is 180 Å². The zero-order valence-electron chi connectivity index (χ0n) is 17.6. The summed E-state index contributed by atoms with van der Waals surface area (Å²) < 4.78 is 0. The molecule has 4 amide bonds. The third-order valence-electron chi connectivity index (χ3n) is 5.64. The van der Waals surface area contributed by atoms with Gasteiger partial charge in [-0.25, -0.2) is 0 Å². The van der Waals surface area contributed by atoms with E-state index >= 15 is 0 Å². The van der Waals surface area contributed by atoms with Gasteiger partial charge in [0, 0.05) is 37.2 Å². The monoisotopic (exact) mass is 420 g/mol. The average molecular weight is 420 g/mol. The molecule has 160 valence electrons. The first-order valence-corrected chi connectivity index (χ1v) is 10.2. The summed E-state index contributed by atoms with van der Waals surface area (Å²) in [5.41, 5.74) is 0.541. The Morgan fingerprint density at radius 3 is 2.19 bits per heavy atom. The summed E-state index contributed by atoms with van der Waals surface area (Å²) >= 11 is 0. The van der Waals surface area contributed by atoms with Crippen LogP contribution < -0.4 is 15.5 Å². The maximum atomic E-state index is 13.7. The summed E-state index contributed by atoms with van der Waals surface area (Å²) in [6, 6.07) is 13.3. The van der Waals surface area contributed by atoms with Crippen molar-refractivity contribution in [1.82, 2.24) is 4.90 Å². The van der Waals surface area contributed by atoms with Crippen molar-refractivity contribution in [2.24, 2.45) is 0 Å². The fraction of sp³-hybridized carbons (Fsp3) is 0.304. The lowest BCUT2D eigenvalue weighted by atomic mass is 9.94. The molecule has 2 heterocycles. The van der Waals surface area contributed by atoms with E-state index < -0.39 is 11.6 Å². The molecule has 1 atom stereocenters. The van der Waals surface area contributed by atoms with Crippen LogP contribution >= 0.6 is 0 Å². The van der Waals surface area contributed by atoms with Crippen LogP contribution in [-0.2, 0) is 14.4 Å². The number of rotatable bonds is 4. The third kappa shape index (κ3) is 3.24. The topological polar surface area (TPSA) is 98.8 Å². The number of anilines is 3. The Morgan fingerprint density at radius 1 is 0.968 bits per heavy atom. The zero-order valence-corrected chi connectivity index (χ0v) is 17.6. The van der Waals surface area contributed by atoms with Crippen molar-refractivity contribution < 1.29 is 19.2 Å². The van der Waals surface area contributed by atoms with Crippen LogP contribution in [0.5, 0.6) is 0 Å². The molecule has 0 bridgehead atoms. The van der Waals surface area contributed by atoms with E-state index in [1.165, 1.54) is 16.7 Å². The molecular weight excluding hydrogens is 396 g/mol. The van der Waals surface area contributed by atoms with Crippen LogP contribution in [-0.4, -0.2) is 40.2 Å². The molecule has 0 aliphatic carbocycles. The lowest BCUT2D eigenvalue weighted by Gasteiger charge is -2.50. The lowest BCUT2D eigenvalue weighted by molar-refractivity contribution is -0.129. The van der Waals surface area contributed by atoms with Crippen LogP contribution in [0, 0.1) is 0 Å². The molecule has 0 saturated carbocycles. The van der Waals surface area contributed by atoms with Gasteiger partial charge < -0.3 is 15.5 Å². The Hall–Kier alpha value is -3.68. The van der Waals surface area contributed by atoms with Gasteiger partial charge in [0.2, 0.25) is 17.5 Å². The van der Waals surface area contributed by atoms with Crippen LogP contribution in [0.25, 0.3) is 0 Å². The van der Waals surface area contributed by atoms with E-state index in [1.54, 1.807) is 48.5 Å². The van der Waals surface area contributed by atoms with E-state index in [2.05, 4.69) is 10.6 Å². The Balaban J connectivity index is 1.75. The van der Waals surface area contributed by atoms with Gasteiger partial charge in [0.1, 0.15) is 0 Å². The van der Waals surface area contributed by atoms with Crippen molar-refractivity contribution in [2.45, 2.75) is 45.3 Å². The number of carbonyl (C=O) groups is 4. The molecule has 31 heavy (non-hydrogen) atoms. The highest BCUT2D eigenvalue weighted by atomic mass is 16.2. The van der Waals surface area contributed by atoms with Crippen LogP contribution in [0.2, 0.25) is 0 Å². The molecule has 8 nitrogen and oxygen atoms in total. The van der Waals surface area contributed by atoms with Gasteiger partial charge in [-0.05, 0) is 50.2 Å². The highest BCUT2D eigenvalue weighted by Gasteiger charge is 2.61. The first-order chi connectivity index (χ1) is 14.8. The molecule has 2 aliphatic heterocycles. The summed E-state index contributed by atoms with van der Waals surface area (Å²) in [6.45, 7) is 5.09. The maximum Gasteiger partial charge on any atom is 0.271 e. The van der Waals surface area contributed by atoms with Crippen molar-refractivity contribution in [1.29, 1.82) is 0 Å². The standard InChI is InChI=1S/C23H24N4O4/c1-14(2)26-21(30)18-6-4-5-7-19(18)27-20(29)12-13-23(26,27)22(31)25-17-10-8-16(9-11-17)24-15(3)28/h4-11,14H,12-13H2,1-3H3,(H,24,28)(H,25,31)/t23-/m1/s1. The van der Waals surface area contributed by atoms with E-state index in [-0.39, 0.29) is 36.6 Å². The zero-order chi connectivity index (χ0) is 22.3. The summed E-state index contributed by atoms with van der Waals surface area (Å²) in [5.74, 6) is -1.10. The fourth-order valence-corrected chi connectivity index (χ4v) is 4.48. The van der Waals surface area contributed by atoms with Crippen LogP contribution in [0.1, 0.15) is 44.0 Å². The molecule has 8 heteroatoms. The minimum absolute atomic E-state index is 0.166. The third-order valence-corrected chi connectivity index (χ3v) is 5.64. The van der Waals surface area contributed by atoms with Gasteiger partial charge in [-0.3, -0.25) is 24.1 Å². The number of fused-ring (bicyclic) bond motifs is 3. The Bertz CT molecular complexity index is 1080. The molecule has 0 aromatic heterocycles. The molecule has 2 aliphatic rings. The van der Waals surface area contributed by atoms with E-state index in [4.69, 9.17) is 0 Å². The predicted molar refractivity (Wildman–Crippen MR) is 117 cm³/mol. The molecular formula is C23H24N4O4. The van der Waals surface area contributed by atoms with Gasteiger partial charge in [-0.15, -0.1) is 0 Å². The molecule has 0 radical (unpaired) electrons. The van der Waals surface area contributed by atoms with Crippen molar-refractivity contribution >= 4 is 40.7 Å². The van der Waals surface area contributed by atoms with Crippen LogP contribution in [0.3, 0.4) is 0 Å². The van der Waals surface area contributed by atoms with E-state index in [0.29, 0.717) is 22.6 Å². The second-order valence-electron chi connectivity index (χ2n) is 8.04. The number of benzene rings is 2. The van der Waals surface area contributed by atoms with Crippen molar-refractivity contribution in [3.8, 4) is 0 Å². The number of carbonyl (C=O) groups excluding carboxylic acids is 4. The minimum atomic E-state index is -1.44. The van der Waals surface area contributed by atoms with Gasteiger partial charge in [-0.1, -0.05) is 12.1 Å². The second-order valence-corrected chi connectivity index (χ2v) is 8.04. The SMILES string of the molecule is CC(=O)Nc1ccc(NC(=O)[C@@]23CCC(=O)N2c2ccccc2C(=O)N3C(C)C)cc1. The van der Waals surface area contributed by atoms with Crippen LogP contribution in [0.15, 0.2) is 48.5 Å². The first kappa shape index (κ1) is 20.6. The Morgan fingerprint density at radius 2 is 1.58 bits per heavy atom. The van der Waals surface area contributed by atoms with E-state index in [9.17, 15) is 19.2 Å². The maximum absolute atomic E-state index is 13.7. The largest absolute Gasteiger partial charge is 0.326 e. The highest BCUT2D eigenvalue weighted by Crippen LogP contribution is 2.45. The quantitative estimate of drug-likeness (QED) is 0.794. The average Bonchev–Trinajstić information content (AvgIpc) is 3.07. The van der Waals surface area contributed by atoms with E-state index in [0.717, 1.165) is 0 Å². The van der Waals surface area contributed by atoms with Crippen LogP contribution in [0.4, 0.5) is 17.1 Å². The van der Waals surface area contributed by atoms with Gasteiger partial charge in [0.05, 0.1) is 11.3 Å². The molecule has 2 aromatic carbocycles. The van der Waals surface area contributed by atoms with E-state index in [1.807, 2.05) is 13.8 Å². The summed E-state index contributed by atoms with van der Waals surface area (Å²) in [7, 11) is 0. The lowest BCUT2D eigenvalue weighted by Crippen LogP contribution is -2.70. The van der Waals surface area contributed by atoms with Crippen molar-refractivity contribution in [3.05, 3.63) is 54.1 Å². The number of hydrogen-bond acceptors (Lipinski definition) is 4. The molecule has 4 rings (SSSR count). The fourth-order valence-electron chi connectivity index (χ4n) is 4.48. The Kier molecular flexibility index (Phi) is 5.00. The predicted octanol–water partition coefficient (Wildman–Crippen LogP) is 2.97. The number of nitrogens with zero attached hydrogens (tertiary/aromatic N) is 2. The molecule has 0 unspecified atom stereocenters. The smallest absolute Gasteiger partial charge is 0.271 e. The van der Waals surface area contributed by atoms with Crippen molar-refractivity contribution in [2.75, 3.05) is 15.5 Å². The molecule has 0 spiro atoms. The first-order valence-electron chi connectivity index (χ1n) is 10.2. The van der Waals surface area contributed by atoms with Gasteiger partial charge in [0.15, 0.2) is 0 Å². The minimum Gasteiger partial charge on any atom is -0.326 e. The van der Waals surface area contributed by atoms with Gasteiger partial charge in [-0.2, -0.15) is 0 Å². The molecule has 2 N–H and O–H groups in total. The summed E-state index contributed by atoms with van der Waals surface area (Å²) in [4.78, 5) is 54.2. The number of nitrogens with one attached hydrogen (secondary N) is 2. The van der Waals surface area contributed by atoms with Crippen molar-refractivity contribution in [3.63, 3.8) is 0 Å². The summed E-state index contributed by atoms with van der Waals surface area (Å²) in [5, 5.41) is 5.54. The normalized spacial score (nSPS) is 19.9. The molecule has 2 aromatic rings. The van der Waals surface area contributed by atoms with Gasteiger partial charge in [0.25, 0.3) is 11.8 Å². The highest BCUT2D eigenvalue weighted by molar-refractivity contribution is 6.18. The summed E-state index contributed by atoms with van der Waals surface area (Å²) in [6.07, 6.45) is 0.375. The molecule has 1 saturated heterocycles. The second kappa shape index (κ2) is 7.54. The number of hydrogen-bond donors (Lipinski definition) is 2. The number of amides is 4. The molecule has 1 fully saturated rings. The number of para-hydroxylation sites is 1.